The topological polar surface area (TPSA) is 85.0 Å². The van der Waals surface area contributed by atoms with Gasteiger partial charge in [0.1, 0.15) is 6.04 Å². The number of likely N-dealkylation sites (tertiary alicyclic amines) is 1. The van der Waals surface area contributed by atoms with Gasteiger partial charge in [-0.05, 0) is 54.0 Å². The van der Waals surface area contributed by atoms with Crippen molar-refractivity contribution in [3.63, 3.8) is 0 Å². The molecule has 8 nitrogen and oxygen atoms in total. The number of amides is 3. The number of carbonyl (C=O) groups excluding carboxylic acids is 3. The van der Waals surface area contributed by atoms with Crippen molar-refractivity contribution >= 4 is 29.3 Å². The summed E-state index contributed by atoms with van der Waals surface area (Å²) in [5.74, 6) is 0.527. The molecule has 2 saturated heterocycles. The van der Waals surface area contributed by atoms with Gasteiger partial charge in [0, 0.05) is 82.2 Å². The summed E-state index contributed by atoms with van der Waals surface area (Å²) in [4.78, 5) is 45.8. The Morgan fingerprint density at radius 2 is 1.63 bits per heavy atom. The molecule has 2 fully saturated rings. The summed E-state index contributed by atoms with van der Waals surface area (Å²) in [6.07, 6.45) is 3.71. The van der Waals surface area contributed by atoms with Crippen molar-refractivity contribution in [1.82, 2.24) is 25.3 Å². The van der Waals surface area contributed by atoms with E-state index in [9.17, 15) is 14.4 Å². The molecule has 3 aliphatic heterocycles. The lowest BCUT2D eigenvalue weighted by Crippen LogP contribution is -2.63. The van der Waals surface area contributed by atoms with Crippen LogP contribution in [-0.2, 0) is 27.3 Å². The zero-order chi connectivity index (χ0) is 30.6. The zero-order valence-electron chi connectivity index (χ0n) is 25.8. The molecule has 0 aliphatic carbocycles. The maximum Gasteiger partial charge on any atom is 0.245 e. The fourth-order valence-corrected chi connectivity index (χ4v) is 7.45. The van der Waals surface area contributed by atoms with Gasteiger partial charge in [0.25, 0.3) is 0 Å². The number of benzene rings is 2. The second-order valence-corrected chi connectivity index (χ2v) is 13.4. The van der Waals surface area contributed by atoms with Crippen molar-refractivity contribution in [3.8, 4) is 0 Å². The number of piperazine rings is 1. The van der Waals surface area contributed by atoms with Crippen molar-refractivity contribution in [3.05, 3.63) is 70.2 Å². The third-order valence-corrected chi connectivity index (χ3v) is 9.79. The molecule has 3 heterocycles. The SMILES string of the molecule is CC(=O)N1CCC(CC(C)C)(N2CCN(C(=O)[C@@H](Cc3ccc(Cl)cc3)NC(=O)CC3NCc4ccccc43)CC2)CC1. The maximum absolute atomic E-state index is 14.0. The molecule has 0 spiro atoms. The average Bonchev–Trinajstić information content (AvgIpc) is 3.40. The second kappa shape index (κ2) is 13.8. The van der Waals surface area contributed by atoms with Gasteiger partial charge >= 0.3 is 0 Å². The van der Waals surface area contributed by atoms with Gasteiger partial charge in [-0.3, -0.25) is 19.3 Å². The lowest BCUT2D eigenvalue weighted by Gasteiger charge is -2.52. The summed E-state index contributed by atoms with van der Waals surface area (Å²) in [7, 11) is 0. The number of rotatable bonds is 9. The van der Waals surface area contributed by atoms with Gasteiger partial charge in [0.15, 0.2) is 0 Å². The van der Waals surface area contributed by atoms with E-state index in [1.165, 1.54) is 5.56 Å². The second-order valence-electron chi connectivity index (χ2n) is 12.9. The van der Waals surface area contributed by atoms with E-state index in [1.54, 1.807) is 6.92 Å². The number of piperidine rings is 1. The summed E-state index contributed by atoms with van der Waals surface area (Å²) in [5.41, 5.74) is 3.38. The van der Waals surface area contributed by atoms with E-state index in [0.29, 0.717) is 30.5 Å². The minimum atomic E-state index is -0.652. The summed E-state index contributed by atoms with van der Waals surface area (Å²) in [6.45, 7) is 11.3. The Balaban J connectivity index is 1.25. The summed E-state index contributed by atoms with van der Waals surface area (Å²) >= 11 is 6.12. The number of hydrogen-bond acceptors (Lipinski definition) is 5. The summed E-state index contributed by atoms with van der Waals surface area (Å²) < 4.78 is 0. The molecule has 5 rings (SSSR count). The molecule has 1 unspecified atom stereocenters. The monoisotopic (exact) mass is 607 g/mol. The minimum absolute atomic E-state index is 0.0351. The van der Waals surface area contributed by atoms with Crippen LogP contribution in [0.3, 0.4) is 0 Å². The Morgan fingerprint density at radius 1 is 0.953 bits per heavy atom. The fraction of sp³-hybridized carbons (Fsp3) is 0.559. The van der Waals surface area contributed by atoms with E-state index in [2.05, 4.69) is 41.5 Å². The predicted molar refractivity (Wildman–Crippen MR) is 170 cm³/mol. The van der Waals surface area contributed by atoms with E-state index in [-0.39, 0.29) is 35.7 Å². The van der Waals surface area contributed by atoms with E-state index in [0.717, 1.165) is 63.1 Å². The molecular formula is C34H46ClN5O3. The van der Waals surface area contributed by atoms with Crippen LogP contribution in [0.4, 0.5) is 0 Å². The molecule has 2 aromatic carbocycles. The Morgan fingerprint density at radius 3 is 2.28 bits per heavy atom. The first kappa shape index (κ1) is 31.5. The van der Waals surface area contributed by atoms with Crippen molar-refractivity contribution < 1.29 is 14.4 Å². The van der Waals surface area contributed by atoms with E-state index in [4.69, 9.17) is 11.6 Å². The van der Waals surface area contributed by atoms with Crippen molar-refractivity contribution in [1.29, 1.82) is 0 Å². The van der Waals surface area contributed by atoms with Crippen LogP contribution in [0.15, 0.2) is 48.5 Å². The molecule has 232 valence electrons. The van der Waals surface area contributed by atoms with E-state index >= 15 is 0 Å². The molecule has 0 aromatic heterocycles. The number of carbonyl (C=O) groups is 3. The molecule has 2 aromatic rings. The Bertz CT molecular complexity index is 1280. The van der Waals surface area contributed by atoms with Crippen LogP contribution in [0.2, 0.25) is 5.02 Å². The maximum atomic E-state index is 14.0. The zero-order valence-corrected chi connectivity index (χ0v) is 26.5. The number of halogens is 1. The smallest absolute Gasteiger partial charge is 0.245 e. The molecule has 2 atom stereocenters. The highest BCUT2D eigenvalue weighted by Gasteiger charge is 2.42. The van der Waals surface area contributed by atoms with E-state index < -0.39 is 6.04 Å². The molecule has 3 aliphatic rings. The first-order valence-electron chi connectivity index (χ1n) is 15.8. The van der Waals surface area contributed by atoms with Crippen molar-refractivity contribution in [2.75, 3.05) is 39.3 Å². The normalized spacial score (nSPS) is 21.0. The van der Waals surface area contributed by atoms with Gasteiger partial charge in [-0.15, -0.1) is 0 Å². The largest absolute Gasteiger partial charge is 0.344 e. The number of nitrogens with zero attached hydrogens (tertiary/aromatic N) is 3. The lowest BCUT2D eigenvalue weighted by atomic mass is 9.78. The van der Waals surface area contributed by atoms with Crippen molar-refractivity contribution in [2.24, 2.45) is 5.92 Å². The highest BCUT2D eigenvalue weighted by molar-refractivity contribution is 6.30. The summed E-state index contributed by atoms with van der Waals surface area (Å²) in [6, 6.07) is 15.0. The first-order valence-corrected chi connectivity index (χ1v) is 16.2. The molecule has 0 bridgehead atoms. The van der Waals surface area contributed by atoms with Crippen molar-refractivity contribution in [2.45, 2.75) is 77.0 Å². The van der Waals surface area contributed by atoms with Gasteiger partial charge in [0.2, 0.25) is 17.7 Å². The molecule has 9 heteroatoms. The third kappa shape index (κ3) is 7.59. The van der Waals surface area contributed by atoms with Gasteiger partial charge in [0.05, 0.1) is 0 Å². The standard InChI is InChI=1S/C34H46ClN5O3/c1-24(2)22-34(12-14-38(15-13-34)25(3)41)40-18-16-39(17-19-40)33(43)31(20-26-8-10-28(35)11-9-26)37-32(42)21-30-29-7-5-4-6-27(29)23-36-30/h4-11,24,30-31,36H,12-23H2,1-3H3,(H,37,42)/t30?,31-/m1/s1. The van der Waals surface area contributed by atoms with Crippen LogP contribution in [0.25, 0.3) is 0 Å². The highest BCUT2D eigenvalue weighted by atomic mass is 35.5. The number of fused-ring (bicyclic) bond motifs is 1. The van der Waals surface area contributed by atoms with Crippen LogP contribution in [0, 0.1) is 5.92 Å². The molecule has 3 amide bonds. The molecule has 43 heavy (non-hydrogen) atoms. The van der Waals surface area contributed by atoms with Crippen LogP contribution in [0.1, 0.15) is 69.2 Å². The van der Waals surface area contributed by atoms with Crippen LogP contribution in [-0.4, -0.2) is 83.3 Å². The Hall–Kier alpha value is -2.94. The summed E-state index contributed by atoms with van der Waals surface area (Å²) in [5, 5.41) is 7.18. The number of hydrogen-bond donors (Lipinski definition) is 2. The Labute approximate surface area is 261 Å². The van der Waals surface area contributed by atoms with Gasteiger partial charge < -0.3 is 20.4 Å². The average molecular weight is 608 g/mol. The minimum Gasteiger partial charge on any atom is -0.344 e. The van der Waals surface area contributed by atoms with Crippen LogP contribution in [0.5, 0.6) is 0 Å². The lowest BCUT2D eigenvalue weighted by molar-refractivity contribution is -0.140. The highest BCUT2D eigenvalue weighted by Crippen LogP contribution is 2.36. The molecule has 0 saturated carbocycles. The fourth-order valence-electron chi connectivity index (χ4n) is 7.32. The number of nitrogens with one attached hydrogen (secondary N) is 2. The van der Waals surface area contributed by atoms with Gasteiger partial charge in [-0.25, -0.2) is 0 Å². The van der Waals surface area contributed by atoms with E-state index in [1.807, 2.05) is 46.2 Å². The van der Waals surface area contributed by atoms with Gasteiger partial charge in [-0.1, -0.05) is 61.8 Å². The van der Waals surface area contributed by atoms with Crippen LogP contribution >= 0.6 is 11.6 Å². The quantitative estimate of drug-likeness (QED) is 0.447. The molecule has 2 N–H and O–H groups in total. The first-order chi connectivity index (χ1) is 20.6. The third-order valence-electron chi connectivity index (χ3n) is 9.54. The van der Waals surface area contributed by atoms with Crippen LogP contribution < -0.4 is 10.6 Å². The predicted octanol–water partition coefficient (Wildman–Crippen LogP) is 4.17. The Kier molecular flexibility index (Phi) is 10.1. The molecule has 0 radical (unpaired) electrons. The van der Waals surface area contributed by atoms with Gasteiger partial charge in [-0.2, -0.15) is 0 Å². The molecular weight excluding hydrogens is 562 g/mol.